The van der Waals surface area contributed by atoms with Gasteiger partial charge in [-0.2, -0.15) is 0 Å². The Kier molecular flexibility index (Phi) is 4.89. The van der Waals surface area contributed by atoms with Gasteiger partial charge in [-0.25, -0.2) is 17.7 Å². The van der Waals surface area contributed by atoms with Crippen molar-refractivity contribution in [2.24, 2.45) is 11.3 Å². The van der Waals surface area contributed by atoms with Crippen molar-refractivity contribution < 1.29 is 17.9 Å². The number of para-hydroxylation sites is 1. The molecule has 2 saturated heterocycles. The Morgan fingerprint density at radius 2 is 2.04 bits per heavy atom. The van der Waals surface area contributed by atoms with Crippen molar-refractivity contribution in [2.45, 2.75) is 6.42 Å². The molecule has 2 fully saturated rings. The van der Waals surface area contributed by atoms with Crippen LogP contribution in [0.3, 0.4) is 0 Å². The second kappa shape index (κ2) is 7.09. The summed E-state index contributed by atoms with van der Waals surface area (Å²) in [5.41, 5.74) is 0.991. The number of carbonyl (C=O) groups excluding carboxylic acids is 1. The predicted octanol–water partition coefficient (Wildman–Crippen LogP) is 1.60. The average Bonchev–Trinajstić information content (AvgIpc) is 3.06. The number of pyridine rings is 1. The lowest BCUT2D eigenvalue weighted by Gasteiger charge is -2.43. The van der Waals surface area contributed by atoms with E-state index < -0.39 is 10.0 Å². The second-order valence-electron chi connectivity index (χ2n) is 7.94. The van der Waals surface area contributed by atoms with Crippen molar-refractivity contribution in [1.82, 2.24) is 14.2 Å². The van der Waals surface area contributed by atoms with E-state index in [2.05, 4.69) is 4.98 Å². The van der Waals surface area contributed by atoms with Gasteiger partial charge < -0.3 is 9.64 Å². The molecule has 2 atom stereocenters. The Balaban J connectivity index is 1.57. The first-order valence-corrected chi connectivity index (χ1v) is 11.3. The smallest absolute Gasteiger partial charge is 0.272 e. The summed E-state index contributed by atoms with van der Waals surface area (Å²) in [5.74, 6) is -0.0464. The number of likely N-dealkylation sites (tertiary alicyclic amines) is 1. The van der Waals surface area contributed by atoms with Crippen molar-refractivity contribution in [2.75, 3.05) is 46.2 Å². The summed E-state index contributed by atoms with van der Waals surface area (Å²) < 4.78 is 31.1. The number of aromatic nitrogens is 1. The first-order valence-electron chi connectivity index (χ1n) is 9.41. The lowest BCUT2D eigenvalue weighted by Crippen LogP contribution is -2.51. The molecule has 0 radical (unpaired) electrons. The lowest BCUT2D eigenvalue weighted by atomic mass is 9.73. The molecule has 0 unspecified atom stereocenters. The highest BCUT2D eigenvalue weighted by atomic mass is 32.2. The minimum Gasteiger partial charge on any atom is -0.384 e. The number of fused-ring (bicyclic) bond motifs is 2. The Labute approximate surface area is 165 Å². The Morgan fingerprint density at radius 1 is 1.25 bits per heavy atom. The molecule has 0 N–H and O–H groups in total. The number of sulfonamides is 1. The number of ether oxygens (including phenoxy) is 1. The maximum atomic E-state index is 13.1. The van der Waals surface area contributed by atoms with Gasteiger partial charge in [-0.3, -0.25) is 4.79 Å². The summed E-state index contributed by atoms with van der Waals surface area (Å²) in [6.07, 6.45) is 1.96. The summed E-state index contributed by atoms with van der Waals surface area (Å²) in [6.45, 7) is 2.48. The minimum atomic E-state index is -3.27. The van der Waals surface area contributed by atoms with Crippen LogP contribution in [0.1, 0.15) is 16.9 Å². The molecular formula is C20H25N3O4S. The van der Waals surface area contributed by atoms with Gasteiger partial charge >= 0.3 is 0 Å². The van der Waals surface area contributed by atoms with Crippen molar-refractivity contribution in [1.29, 1.82) is 0 Å². The van der Waals surface area contributed by atoms with Crippen LogP contribution in [0, 0.1) is 11.3 Å². The van der Waals surface area contributed by atoms with Crippen LogP contribution < -0.4 is 0 Å². The topological polar surface area (TPSA) is 79.8 Å². The first-order chi connectivity index (χ1) is 13.3. The Bertz CT molecular complexity index is 1010. The van der Waals surface area contributed by atoms with Crippen LogP contribution in [0.2, 0.25) is 0 Å². The van der Waals surface area contributed by atoms with Gasteiger partial charge in [0.05, 0.1) is 18.4 Å². The van der Waals surface area contributed by atoms with E-state index in [9.17, 15) is 13.2 Å². The molecular weight excluding hydrogens is 378 g/mol. The number of methoxy groups -OCH3 is 1. The molecule has 3 heterocycles. The van der Waals surface area contributed by atoms with Crippen molar-refractivity contribution in [3.63, 3.8) is 0 Å². The maximum absolute atomic E-state index is 13.1. The molecule has 4 rings (SSSR count). The van der Waals surface area contributed by atoms with Gasteiger partial charge in [0.15, 0.2) is 0 Å². The average molecular weight is 404 g/mol. The molecule has 2 aliphatic rings. The number of rotatable bonds is 4. The van der Waals surface area contributed by atoms with Gasteiger partial charge in [-0.1, -0.05) is 24.3 Å². The van der Waals surface area contributed by atoms with Crippen molar-refractivity contribution in [3.8, 4) is 0 Å². The molecule has 8 heteroatoms. The zero-order valence-electron chi connectivity index (χ0n) is 16.2. The van der Waals surface area contributed by atoms with E-state index in [1.165, 1.54) is 10.6 Å². The molecule has 150 valence electrons. The normalized spacial score (nSPS) is 25.8. The second-order valence-corrected chi connectivity index (χ2v) is 9.92. The molecule has 1 amide bonds. The van der Waals surface area contributed by atoms with Crippen molar-refractivity contribution in [3.05, 3.63) is 42.1 Å². The third-order valence-electron chi connectivity index (χ3n) is 6.11. The highest BCUT2D eigenvalue weighted by molar-refractivity contribution is 7.88. The van der Waals surface area contributed by atoms with E-state index >= 15 is 0 Å². The van der Waals surface area contributed by atoms with Gasteiger partial charge in [0, 0.05) is 44.1 Å². The van der Waals surface area contributed by atoms with Crippen LogP contribution in [0.15, 0.2) is 36.4 Å². The molecule has 28 heavy (non-hydrogen) atoms. The summed E-state index contributed by atoms with van der Waals surface area (Å²) in [5, 5.41) is 0.997. The van der Waals surface area contributed by atoms with Gasteiger partial charge in [0.2, 0.25) is 10.0 Å². The highest BCUT2D eigenvalue weighted by Crippen LogP contribution is 2.44. The molecule has 0 aliphatic carbocycles. The largest absolute Gasteiger partial charge is 0.384 e. The van der Waals surface area contributed by atoms with Gasteiger partial charge in [-0.05, 0) is 24.5 Å². The molecule has 2 aliphatic heterocycles. The van der Waals surface area contributed by atoms with E-state index in [1.54, 1.807) is 13.2 Å². The number of nitrogens with zero attached hydrogens (tertiary/aromatic N) is 3. The lowest BCUT2D eigenvalue weighted by molar-refractivity contribution is 0.00324. The first kappa shape index (κ1) is 19.3. The number of carbonyl (C=O) groups is 1. The van der Waals surface area contributed by atoms with Crippen LogP contribution in [0.5, 0.6) is 0 Å². The molecule has 0 saturated carbocycles. The summed E-state index contributed by atoms with van der Waals surface area (Å²) in [7, 11) is -1.63. The molecule has 2 aromatic rings. The van der Waals surface area contributed by atoms with Crippen LogP contribution in [-0.2, 0) is 14.8 Å². The van der Waals surface area contributed by atoms with Gasteiger partial charge in [0.1, 0.15) is 5.69 Å². The molecule has 1 aromatic heterocycles. The zero-order chi connectivity index (χ0) is 19.9. The fourth-order valence-corrected chi connectivity index (χ4v) is 5.48. The Hall–Kier alpha value is -2.03. The molecule has 0 spiro atoms. The summed E-state index contributed by atoms with van der Waals surface area (Å²) in [6, 6.07) is 11.4. The van der Waals surface area contributed by atoms with Crippen LogP contribution in [0.4, 0.5) is 0 Å². The van der Waals surface area contributed by atoms with Crippen LogP contribution in [0.25, 0.3) is 10.9 Å². The van der Waals surface area contributed by atoms with Crippen LogP contribution in [-0.4, -0.2) is 74.7 Å². The number of hydrogen-bond donors (Lipinski definition) is 0. The maximum Gasteiger partial charge on any atom is 0.272 e. The van der Waals surface area contributed by atoms with Crippen LogP contribution >= 0.6 is 0 Å². The standard InChI is InChI=1S/C20H25N3O4S/c1-27-14-20-9-10-22(11-16(20)12-23(13-20)28(2,25)26)19(24)18-8-7-15-5-3-4-6-17(15)21-18/h3-8,16H,9-14H2,1-2H3/t16-,20+/m1/s1. The third-order valence-corrected chi connectivity index (χ3v) is 7.32. The zero-order valence-corrected chi connectivity index (χ0v) is 17.0. The van der Waals surface area contributed by atoms with E-state index in [4.69, 9.17) is 4.74 Å². The third kappa shape index (κ3) is 3.40. The predicted molar refractivity (Wildman–Crippen MR) is 106 cm³/mol. The van der Waals surface area contributed by atoms with Gasteiger partial charge in [-0.15, -0.1) is 0 Å². The fourth-order valence-electron chi connectivity index (χ4n) is 4.54. The highest BCUT2D eigenvalue weighted by Gasteiger charge is 2.52. The number of hydrogen-bond acceptors (Lipinski definition) is 5. The molecule has 7 nitrogen and oxygen atoms in total. The number of amides is 1. The van der Waals surface area contributed by atoms with E-state index in [0.29, 0.717) is 38.5 Å². The quantitative estimate of drug-likeness (QED) is 0.775. The summed E-state index contributed by atoms with van der Waals surface area (Å²) >= 11 is 0. The van der Waals surface area contributed by atoms with Gasteiger partial charge in [0.25, 0.3) is 5.91 Å². The fraction of sp³-hybridized carbons (Fsp3) is 0.500. The van der Waals surface area contributed by atoms with Crippen molar-refractivity contribution >= 4 is 26.8 Å². The Morgan fingerprint density at radius 3 is 2.79 bits per heavy atom. The molecule has 1 aromatic carbocycles. The summed E-state index contributed by atoms with van der Waals surface area (Å²) in [4.78, 5) is 19.4. The monoisotopic (exact) mass is 403 g/mol. The van der Waals surface area contributed by atoms with E-state index in [-0.39, 0.29) is 17.2 Å². The minimum absolute atomic E-state index is 0.0559. The van der Waals surface area contributed by atoms with E-state index in [1.807, 2.05) is 35.2 Å². The number of benzene rings is 1. The molecule has 0 bridgehead atoms. The SMILES string of the molecule is COC[C@@]12CCN(C(=O)c3ccc4ccccc4n3)C[C@@H]1CN(S(C)(=O)=O)C2. The van der Waals surface area contributed by atoms with E-state index in [0.717, 1.165) is 17.3 Å². The number of piperidine rings is 1.